The van der Waals surface area contributed by atoms with E-state index in [1.807, 2.05) is 5.38 Å². The molecule has 1 atom stereocenters. The van der Waals surface area contributed by atoms with Gasteiger partial charge in [0.1, 0.15) is 0 Å². The van der Waals surface area contributed by atoms with E-state index in [1.54, 1.807) is 11.3 Å². The fourth-order valence-electron chi connectivity index (χ4n) is 2.06. The Kier molecular flexibility index (Phi) is 5.75. The molecule has 2 rings (SSSR count). The van der Waals surface area contributed by atoms with Gasteiger partial charge in [-0.2, -0.15) is 0 Å². The van der Waals surface area contributed by atoms with E-state index in [2.05, 4.69) is 10.3 Å². The van der Waals surface area contributed by atoms with Crippen LogP contribution in [-0.4, -0.2) is 36.7 Å². The lowest BCUT2D eigenvalue weighted by atomic mass is 10.2. The predicted molar refractivity (Wildman–Crippen MR) is 75.2 cm³/mol. The van der Waals surface area contributed by atoms with Crippen LogP contribution in [0, 0.1) is 0 Å². The third-order valence-electron chi connectivity index (χ3n) is 3.09. The van der Waals surface area contributed by atoms with E-state index in [1.165, 1.54) is 0 Å². The standard InChI is InChI=1S/C13H21N3O2S/c14-5-1-4-13-16-10(9-19-13)7-12(17)15-8-11-3-2-6-18-11/h9,11H,1-8,14H2,(H,15,17). The van der Waals surface area contributed by atoms with Gasteiger partial charge in [-0.05, 0) is 25.8 Å². The van der Waals surface area contributed by atoms with Crippen LogP contribution >= 0.6 is 11.3 Å². The van der Waals surface area contributed by atoms with Gasteiger partial charge in [0.2, 0.25) is 5.91 Å². The van der Waals surface area contributed by atoms with Gasteiger partial charge < -0.3 is 15.8 Å². The largest absolute Gasteiger partial charge is 0.376 e. The Morgan fingerprint density at radius 3 is 3.26 bits per heavy atom. The molecule has 2 heterocycles. The Hall–Kier alpha value is -0.980. The number of nitrogens with one attached hydrogen (secondary N) is 1. The number of ether oxygens (including phenoxy) is 1. The zero-order valence-corrected chi connectivity index (χ0v) is 11.9. The van der Waals surface area contributed by atoms with E-state index in [4.69, 9.17) is 10.5 Å². The molecule has 3 N–H and O–H groups in total. The molecule has 0 bridgehead atoms. The third kappa shape index (κ3) is 4.89. The molecule has 0 aliphatic carbocycles. The molecule has 6 heteroatoms. The second-order valence-corrected chi connectivity index (χ2v) is 5.68. The Bertz CT molecular complexity index is 402. The lowest BCUT2D eigenvalue weighted by molar-refractivity contribution is -0.121. The summed E-state index contributed by atoms with van der Waals surface area (Å²) >= 11 is 1.60. The van der Waals surface area contributed by atoms with Crippen LogP contribution in [0.25, 0.3) is 0 Å². The van der Waals surface area contributed by atoms with Gasteiger partial charge in [-0.3, -0.25) is 4.79 Å². The zero-order chi connectivity index (χ0) is 13.5. The van der Waals surface area contributed by atoms with Gasteiger partial charge in [0, 0.05) is 25.0 Å². The third-order valence-corrected chi connectivity index (χ3v) is 4.04. The normalized spacial score (nSPS) is 18.7. The fraction of sp³-hybridized carbons (Fsp3) is 0.692. The van der Waals surface area contributed by atoms with Crippen LogP contribution in [-0.2, 0) is 22.4 Å². The van der Waals surface area contributed by atoms with Crippen molar-refractivity contribution in [2.24, 2.45) is 5.73 Å². The molecule has 106 valence electrons. The van der Waals surface area contributed by atoms with E-state index >= 15 is 0 Å². The molecule has 1 aromatic heterocycles. The maximum absolute atomic E-state index is 11.8. The molecule has 5 nitrogen and oxygen atoms in total. The molecule has 1 unspecified atom stereocenters. The van der Waals surface area contributed by atoms with Crippen molar-refractivity contribution in [2.45, 2.75) is 38.2 Å². The highest BCUT2D eigenvalue weighted by Gasteiger charge is 2.16. The smallest absolute Gasteiger partial charge is 0.226 e. The van der Waals surface area contributed by atoms with Gasteiger partial charge in [0.15, 0.2) is 0 Å². The molecule has 0 radical (unpaired) electrons. The number of amides is 1. The van der Waals surface area contributed by atoms with Crippen LogP contribution in [0.5, 0.6) is 0 Å². The van der Waals surface area contributed by atoms with E-state index in [9.17, 15) is 4.79 Å². The van der Waals surface area contributed by atoms with Crippen molar-refractivity contribution in [3.8, 4) is 0 Å². The number of carbonyl (C=O) groups excluding carboxylic acids is 1. The second-order valence-electron chi connectivity index (χ2n) is 4.74. The van der Waals surface area contributed by atoms with Crippen LogP contribution in [0.15, 0.2) is 5.38 Å². The lowest BCUT2D eigenvalue weighted by Gasteiger charge is -2.09. The molecule has 1 amide bonds. The highest BCUT2D eigenvalue weighted by molar-refractivity contribution is 7.09. The van der Waals surface area contributed by atoms with Gasteiger partial charge in [-0.25, -0.2) is 4.98 Å². The number of carbonyl (C=O) groups is 1. The molecular formula is C13H21N3O2S. The number of hydrogen-bond acceptors (Lipinski definition) is 5. The van der Waals surface area contributed by atoms with E-state index in [0.717, 1.165) is 43.0 Å². The van der Waals surface area contributed by atoms with Crippen LogP contribution in [0.1, 0.15) is 30.0 Å². The molecule has 0 saturated carbocycles. The van der Waals surface area contributed by atoms with Crippen molar-refractivity contribution in [1.29, 1.82) is 0 Å². The van der Waals surface area contributed by atoms with Crippen molar-refractivity contribution < 1.29 is 9.53 Å². The SMILES string of the molecule is NCCCc1nc(CC(=O)NCC2CCCO2)cs1. The molecule has 0 spiro atoms. The summed E-state index contributed by atoms with van der Waals surface area (Å²) in [6.07, 6.45) is 4.53. The number of rotatable bonds is 7. The van der Waals surface area contributed by atoms with E-state index in [-0.39, 0.29) is 12.0 Å². The predicted octanol–water partition coefficient (Wildman–Crippen LogP) is 0.872. The maximum Gasteiger partial charge on any atom is 0.226 e. The number of nitrogens with two attached hydrogens (primary N) is 1. The summed E-state index contributed by atoms with van der Waals surface area (Å²) in [4.78, 5) is 16.2. The Balaban J connectivity index is 1.70. The van der Waals surface area contributed by atoms with Crippen molar-refractivity contribution in [1.82, 2.24) is 10.3 Å². The van der Waals surface area contributed by atoms with Crippen LogP contribution in [0.3, 0.4) is 0 Å². The zero-order valence-electron chi connectivity index (χ0n) is 11.1. The highest BCUT2D eigenvalue weighted by Crippen LogP contribution is 2.13. The molecule has 19 heavy (non-hydrogen) atoms. The first-order valence-corrected chi connectivity index (χ1v) is 7.67. The van der Waals surface area contributed by atoms with E-state index < -0.39 is 0 Å². The summed E-state index contributed by atoms with van der Waals surface area (Å²) in [5, 5.41) is 5.92. The van der Waals surface area contributed by atoms with Crippen LogP contribution < -0.4 is 11.1 Å². The van der Waals surface area contributed by atoms with Crippen molar-refractivity contribution >= 4 is 17.2 Å². The van der Waals surface area contributed by atoms with Gasteiger partial charge in [0.05, 0.1) is 23.2 Å². The number of nitrogens with zero attached hydrogens (tertiary/aromatic N) is 1. The number of aryl methyl sites for hydroxylation is 1. The summed E-state index contributed by atoms with van der Waals surface area (Å²) in [6, 6.07) is 0. The molecular weight excluding hydrogens is 262 g/mol. The summed E-state index contributed by atoms with van der Waals surface area (Å²) in [5.74, 6) is 0.0196. The number of aromatic nitrogens is 1. The van der Waals surface area contributed by atoms with Gasteiger partial charge in [-0.15, -0.1) is 11.3 Å². The van der Waals surface area contributed by atoms with Gasteiger partial charge >= 0.3 is 0 Å². The Morgan fingerprint density at radius 1 is 1.63 bits per heavy atom. The van der Waals surface area contributed by atoms with Crippen molar-refractivity contribution in [3.05, 3.63) is 16.1 Å². The average molecular weight is 283 g/mol. The average Bonchev–Trinajstić information content (AvgIpc) is 3.05. The van der Waals surface area contributed by atoms with E-state index in [0.29, 0.717) is 19.5 Å². The molecule has 1 aromatic rings. The molecule has 1 fully saturated rings. The molecule has 0 aromatic carbocycles. The Morgan fingerprint density at radius 2 is 2.53 bits per heavy atom. The summed E-state index contributed by atoms with van der Waals surface area (Å²) < 4.78 is 5.46. The second kappa shape index (κ2) is 7.57. The van der Waals surface area contributed by atoms with Crippen molar-refractivity contribution in [3.63, 3.8) is 0 Å². The van der Waals surface area contributed by atoms with Crippen LogP contribution in [0.2, 0.25) is 0 Å². The number of hydrogen-bond donors (Lipinski definition) is 2. The van der Waals surface area contributed by atoms with Gasteiger partial charge in [0.25, 0.3) is 0 Å². The monoisotopic (exact) mass is 283 g/mol. The quantitative estimate of drug-likeness (QED) is 0.778. The highest BCUT2D eigenvalue weighted by atomic mass is 32.1. The van der Waals surface area contributed by atoms with Crippen LogP contribution in [0.4, 0.5) is 0 Å². The minimum absolute atomic E-state index is 0.0196. The minimum Gasteiger partial charge on any atom is -0.376 e. The van der Waals surface area contributed by atoms with Crippen molar-refractivity contribution in [2.75, 3.05) is 19.7 Å². The summed E-state index contributed by atoms with van der Waals surface area (Å²) in [6.45, 7) is 2.11. The molecule has 1 aliphatic heterocycles. The Labute approximate surface area is 117 Å². The first-order chi connectivity index (χ1) is 9.28. The topological polar surface area (TPSA) is 77.2 Å². The number of thiazole rings is 1. The maximum atomic E-state index is 11.8. The van der Waals surface area contributed by atoms with Gasteiger partial charge in [-0.1, -0.05) is 0 Å². The minimum atomic E-state index is 0.0196. The summed E-state index contributed by atoms with van der Waals surface area (Å²) in [5.41, 5.74) is 6.31. The molecule has 1 aliphatic rings. The molecule has 1 saturated heterocycles. The lowest BCUT2D eigenvalue weighted by Crippen LogP contribution is -2.32. The first-order valence-electron chi connectivity index (χ1n) is 6.79. The first kappa shape index (κ1) is 14.4. The fourth-order valence-corrected chi connectivity index (χ4v) is 2.90. The summed E-state index contributed by atoms with van der Waals surface area (Å²) in [7, 11) is 0.